The Hall–Kier alpha value is -4.05. The number of amides is 1. The number of rotatable bonds is 7. The van der Waals surface area contributed by atoms with E-state index in [9.17, 15) is 4.79 Å². The molecule has 1 saturated carbocycles. The number of hydrogen-bond donors (Lipinski definition) is 1. The van der Waals surface area contributed by atoms with Crippen molar-refractivity contribution in [1.82, 2.24) is 29.8 Å². The van der Waals surface area contributed by atoms with Crippen LogP contribution < -0.4 is 10.2 Å². The molecule has 1 N–H and O–H groups in total. The zero-order chi connectivity index (χ0) is 25.4. The van der Waals surface area contributed by atoms with Crippen molar-refractivity contribution in [1.29, 1.82) is 0 Å². The fourth-order valence-corrected chi connectivity index (χ4v) is 4.75. The highest BCUT2D eigenvalue weighted by atomic mass is 16.5. The highest BCUT2D eigenvalue weighted by Gasteiger charge is 2.28. The molecule has 0 atom stereocenters. The van der Waals surface area contributed by atoms with E-state index in [1.54, 1.807) is 16.9 Å². The van der Waals surface area contributed by atoms with Crippen LogP contribution in [0.25, 0.3) is 16.9 Å². The third kappa shape index (κ3) is 4.72. The van der Waals surface area contributed by atoms with E-state index in [1.165, 1.54) is 18.5 Å². The van der Waals surface area contributed by atoms with Gasteiger partial charge in [-0.05, 0) is 56.0 Å². The molecule has 4 heterocycles. The van der Waals surface area contributed by atoms with E-state index in [2.05, 4.69) is 42.2 Å². The monoisotopic (exact) mass is 498 g/mol. The van der Waals surface area contributed by atoms with Gasteiger partial charge in [0.05, 0.1) is 37.3 Å². The number of hydrogen-bond acceptors (Lipinski definition) is 7. The Morgan fingerprint density at radius 2 is 2.00 bits per heavy atom. The van der Waals surface area contributed by atoms with Crippen LogP contribution in [-0.4, -0.2) is 62.0 Å². The Morgan fingerprint density at radius 1 is 1.16 bits per heavy atom. The van der Waals surface area contributed by atoms with Crippen LogP contribution in [-0.2, 0) is 11.2 Å². The Bertz CT molecular complexity index is 1430. The molecule has 1 amide bonds. The Balaban J connectivity index is 1.22. The lowest BCUT2D eigenvalue weighted by Gasteiger charge is -2.27. The molecule has 4 aromatic rings. The first kappa shape index (κ1) is 23.4. The zero-order valence-electron chi connectivity index (χ0n) is 21.1. The maximum atomic E-state index is 13.1. The Kier molecular flexibility index (Phi) is 6.17. The lowest BCUT2D eigenvalue weighted by Crippen LogP contribution is -2.36. The number of ether oxygens (including phenoxy) is 1. The summed E-state index contributed by atoms with van der Waals surface area (Å²) in [6.07, 6.45) is 8.77. The van der Waals surface area contributed by atoms with Gasteiger partial charge in [0.2, 0.25) is 0 Å². The summed E-state index contributed by atoms with van der Waals surface area (Å²) >= 11 is 0. The molecule has 10 nitrogen and oxygen atoms in total. The third-order valence-corrected chi connectivity index (χ3v) is 6.95. The second-order valence-electron chi connectivity index (χ2n) is 9.54. The van der Waals surface area contributed by atoms with Crippen molar-refractivity contribution in [3.63, 3.8) is 0 Å². The number of pyridine rings is 1. The molecule has 2 aliphatic rings. The van der Waals surface area contributed by atoms with E-state index < -0.39 is 0 Å². The zero-order valence-corrected chi connectivity index (χ0v) is 21.1. The number of morpholine rings is 1. The summed E-state index contributed by atoms with van der Waals surface area (Å²) in [6, 6.07) is 9.86. The minimum atomic E-state index is -0.189. The molecule has 0 bridgehead atoms. The number of nitrogens with zero attached hydrogens (tertiary/aromatic N) is 7. The summed E-state index contributed by atoms with van der Waals surface area (Å²) in [6.45, 7) is 7.02. The van der Waals surface area contributed by atoms with Crippen LogP contribution in [0.15, 0.2) is 48.9 Å². The average molecular weight is 499 g/mol. The molecule has 6 rings (SSSR count). The molecule has 3 aromatic heterocycles. The van der Waals surface area contributed by atoms with Gasteiger partial charge in [0.1, 0.15) is 11.5 Å². The van der Waals surface area contributed by atoms with Gasteiger partial charge in [0.25, 0.3) is 5.91 Å². The standard InChI is InChI=1S/C27H30N8O2/c1-3-24-22(16-29-35(24)21-6-7-21)23-17-34(32-31-23)25-15-20(5-4-18(25)2)30-27(36)19-8-9-28-26(14-19)33-10-12-37-13-11-33/h4-5,8-9,14-17,21H,3,6-7,10-13H2,1-2H3,(H,30,36). The van der Waals surface area contributed by atoms with Crippen LogP contribution >= 0.6 is 0 Å². The van der Waals surface area contributed by atoms with Crippen LogP contribution in [0.2, 0.25) is 0 Å². The van der Waals surface area contributed by atoms with Crippen LogP contribution in [0.5, 0.6) is 0 Å². The fourth-order valence-electron chi connectivity index (χ4n) is 4.75. The lowest BCUT2D eigenvalue weighted by molar-refractivity contribution is 0.102. The number of anilines is 2. The van der Waals surface area contributed by atoms with Crippen molar-refractivity contribution in [2.45, 2.75) is 39.2 Å². The molecule has 1 aliphatic carbocycles. The Labute approximate surface area is 215 Å². The van der Waals surface area contributed by atoms with Crippen LogP contribution in [0.4, 0.5) is 11.5 Å². The van der Waals surface area contributed by atoms with E-state index >= 15 is 0 Å². The molecule has 0 unspecified atom stereocenters. The van der Waals surface area contributed by atoms with Crippen LogP contribution in [0, 0.1) is 6.92 Å². The van der Waals surface area contributed by atoms with E-state index in [0.717, 1.165) is 47.8 Å². The second kappa shape index (κ2) is 9.78. The minimum Gasteiger partial charge on any atom is -0.378 e. The molecule has 0 spiro atoms. The summed E-state index contributed by atoms with van der Waals surface area (Å²) in [5.41, 5.74) is 6.14. The molecule has 10 heteroatoms. The second-order valence-corrected chi connectivity index (χ2v) is 9.54. The largest absolute Gasteiger partial charge is 0.378 e. The topological polar surface area (TPSA) is 103 Å². The van der Waals surface area contributed by atoms with Gasteiger partial charge in [-0.1, -0.05) is 18.2 Å². The highest BCUT2D eigenvalue weighted by Crippen LogP contribution is 2.37. The number of carbonyl (C=O) groups is 1. The predicted molar refractivity (Wildman–Crippen MR) is 140 cm³/mol. The van der Waals surface area contributed by atoms with Gasteiger partial charge in [-0.25, -0.2) is 9.67 Å². The summed E-state index contributed by atoms with van der Waals surface area (Å²) in [4.78, 5) is 19.6. The van der Waals surface area contributed by atoms with Gasteiger partial charge < -0.3 is 15.0 Å². The van der Waals surface area contributed by atoms with Crippen molar-refractivity contribution in [2.75, 3.05) is 36.5 Å². The van der Waals surface area contributed by atoms with E-state index in [1.807, 2.05) is 43.6 Å². The SMILES string of the molecule is CCc1c(-c2cn(-c3cc(NC(=O)c4ccnc(N5CCOCC5)c4)ccc3C)nn2)cnn1C1CC1. The van der Waals surface area contributed by atoms with Crippen molar-refractivity contribution in [2.24, 2.45) is 0 Å². The van der Waals surface area contributed by atoms with E-state index in [0.29, 0.717) is 30.5 Å². The molecule has 0 radical (unpaired) electrons. The summed E-state index contributed by atoms with van der Waals surface area (Å²) in [5.74, 6) is 0.596. The van der Waals surface area contributed by atoms with Crippen molar-refractivity contribution in [3.8, 4) is 16.9 Å². The maximum absolute atomic E-state index is 13.1. The number of benzene rings is 1. The molecule has 1 saturated heterocycles. The van der Waals surface area contributed by atoms with Crippen LogP contribution in [0.1, 0.15) is 47.4 Å². The van der Waals surface area contributed by atoms with Gasteiger partial charge in [-0.2, -0.15) is 5.10 Å². The summed E-state index contributed by atoms with van der Waals surface area (Å²) in [5, 5.41) is 16.5. The first-order valence-electron chi connectivity index (χ1n) is 12.8. The molecular weight excluding hydrogens is 468 g/mol. The van der Waals surface area contributed by atoms with Gasteiger partial charge in [0, 0.05) is 41.8 Å². The number of aryl methyl sites for hydroxylation is 1. The number of aromatic nitrogens is 6. The summed E-state index contributed by atoms with van der Waals surface area (Å²) in [7, 11) is 0. The van der Waals surface area contributed by atoms with Crippen LogP contribution in [0.3, 0.4) is 0 Å². The minimum absolute atomic E-state index is 0.189. The first-order chi connectivity index (χ1) is 18.1. The van der Waals surface area contributed by atoms with Gasteiger partial charge in [-0.3, -0.25) is 9.48 Å². The molecule has 1 aromatic carbocycles. The summed E-state index contributed by atoms with van der Waals surface area (Å²) < 4.78 is 9.32. The molecule has 190 valence electrons. The van der Waals surface area contributed by atoms with Crippen molar-refractivity contribution < 1.29 is 9.53 Å². The average Bonchev–Trinajstić information content (AvgIpc) is 3.50. The fraction of sp³-hybridized carbons (Fsp3) is 0.370. The third-order valence-electron chi connectivity index (χ3n) is 6.95. The Morgan fingerprint density at radius 3 is 2.78 bits per heavy atom. The van der Waals surface area contributed by atoms with Gasteiger partial charge in [0.15, 0.2) is 0 Å². The number of carbonyl (C=O) groups excluding carboxylic acids is 1. The lowest BCUT2D eigenvalue weighted by atomic mass is 10.1. The molecular formula is C27H30N8O2. The molecule has 2 fully saturated rings. The van der Waals surface area contributed by atoms with Gasteiger partial charge >= 0.3 is 0 Å². The molecule has 37 heavy (non-hydrogen) atoms. The predicted octanol–water partition coefficient (Wildman–Crippen LogP) is 3.82. The number of nitrogens with one attached hydrogen (secondary N) is 1. The normalized spacial score (nSPS) is 15.7. The van der Waals surface area contributed by atoms with E-state index in [4.69, 9.17) is 4.74 Å². The smallest absolute Gasteiger partial charge is 0.255 e. The van der Waals surface area contributed by atoms with Crippen molar-refractivity contribution >= 4 is 17.4 Å². The first-order valence-corrected chi connectivity index (χ1v) is 12.8. The highest BCUT2D eigenvalue weighted by molar-refractivity contribution is 6.04. The quantitative estimate of drug-likeness (QED) is 0.413. The van der Waals surface area contributed by atoms with E-state index in [-0.39, 0.29) is 5.91 Å². The van der Waals surface area contributed by atoms with Gasteiger partial charge in [-0.15, -0.1) is 5.10 Å². The maximum Gasteiger partial charge on any atom is 0.255 e. The van der Waals surface area contributed by atoms with Crippen molar-refractivity contribution in [3.05, 3.63) is 65.7 Å². The molecule has 1 aliphatic heterocycles.